The third-order valence-corrected chi connectivity index (χ3v) is 7.56. The number of H-pyrrole nitrogens is 1. The van der Waals surface area contributed by atoms with E-state index < -0.39 is 46.8 Å². The van der Waals surface area contributed by atoms with Gasteiger partial charge in [0.1, 0.15) is 11.9 Å². The van der Waals surface area contributed by atoms with Crippen LogP contribution in [0.5, 0.6) is 0 Å². The van der Waals surface area contributed by atoms with Crippen LogP contribution in [0.4, 0.5) is 22.0 Å². The Hall–Kier alpha value is -3.85. The number of aromatic amines is 1. The average molecular weight is 607 g/mol. The highest BCUT2D eigenvalue weighted by Gasteiger charge is 2.33. The minimum Gasteiger partial charge on any atom is -0.392 e. The minimum absolute atomic E-state index is 0.0810. The van der Waals surface area contributed by atoms with Gasteiger partial charge < -0.3 is 19.9 Å². The first kappa shape index (κ1) is 29.6. The normalized spacial score (nSPS) is 18.7. The third-order valence-electron chi connectivity index (χ3n) is 6.56. The van der Waals surface area contributed by atoms with E-state index in [1.807, 2.05) is 24.3 Å². The highest BCUT2D eigenvalue weighted by Crippen LogP contribution is 2.39. The molecule has 4 aromatic rings. The van der Waals surface area contributed by atoms with Gasteiger partial charge in [-0.1, -0.05) is 60.3 Å². The van der Waals surface area contributed by atoms with Crippen LogP contribution in [-0.2, 0) is 22.6 Å². The number of thioether (sulfide) groups is 1. The predicted molar refractivity (Wildman–Crippen MR) is 139 cm³/mol. The van der Waals surface area contributed by atoms with Gasteiger partial charge in [0.25, 0.3) is 5.91 Å². The molecular formula is C28H23F5N4O4S. The second-order valence-corrected chi connectivity index (χ2v) is 10.3. The Labute approximate surface area is 240 Å². The molecule has 0 aliphatic carbocycles. The summed E-state index contributed by atoms with van der Waals surface area (Å²) in [6.07, 6.45) is 0.643. The molecule has 2 heterocycles. The van der Waals surface area contributed by atoms with Crippen molar-refractivity contribution in [1.29, 1.82) is 0 Å². The summed E-state index contributed by atoms with van der Waals surface area (Å²) in [5.41, 5.74) is 1.25. The van der Waals surface area contributed by atoms with Crippen molar-refractivity contribution in [2.24, 2.45) is 0 Å². The fourth-order valence-corrected chi connectivity index (χ4v) is 5.12. The van der Waals surface area contributed by atoms with E-state index in [9.17, 15) is 31.9 Å². The lowest BCUT2D eigenvalue weighted by Gasteiger charge is -2.36. The van der Waals surface area contributed by atoms with Gasteiger partial charge in [-0.2, -0.15) is 5.10 Å². The van der Waals surface area contributed by atoms with E-state index in [2.05, 4.69) is 20.5 Å². The van der Waals surface area contributed by atoms with Crippen LogP contribution in [0, 0.1) is 29.1 Å². The summed E-state index contributed by atoms with van der Waals surface area (Å²) in [6, 6.07) is 14.0. The molecule has 3 N–H and O–H groups in total. The van der Waals surface area contributed by atoms with Crippen LogP contribution >= 0.6 is 11.8 Å². The molecule has 1 aromatic heterocycles. The molecule has 3 atom stereocenters. The number of nitrogens with zero attached hydrogens (tertiary/aromatic N) is 2. The summed E-state index contributed by atoms with van der Waals surface area (Å²) in [5.74, 6) is -12.0. The fraction of sp³-hybridized carbons (Fsp3) is 0.250. The number of amides is 1. The zero-order chi connectivity index (χ0) is 29.8. The molecule has 5 rings (SSSR count). The van der Waals surface area contributed by atoms with Crippen LogP contribution in [-0.4, -0.2) is 38.1 Å². The number of benzene rings is 3. The van der Waals surface area contributed by atoms with E-state index >= 15 is 0 Å². The third kappa shape index (κ3) is 6.46. The molecule has 220 valence electrons. The molecule has 0 bridgehead atoms. The van der Waals surface area contributed by atoms with Gasteiger partial charge in [-0.05, 0) is 16.7 Å². The number of ether oxygens (including phenoxy) is 2. The van der Waals surface area contributed by atoms with E-state index in [4.69, 9.17) is 9.47 Å². The Morgan fingerprint density at radius 1 is 0.905 bits per heavy atom. The van der Waals surface area contributed by atoms with Crippen LogP contribution in [0.1, 0.15) is 51.4 Å². The highest BCUT2D eigenvalue weighted by molar-refractivity contribution is 7.99. The zero-order valence-electron chi connectivity index (χ0n) is 21.6. The molecule has 1 aliphatic heterocycles. The van der Waals surface area contributed by atoms with Crippen molar-refractivity contribution in [2.75, 3.05) is 5.75 Å². The Morgan fingerprint density at radius 3 is 2.14 bits per heavy atom. The molecule has 8 nitrogen and oxygen atoms in total. The predicted octanol–water partition coefficient (Wildman–Crippen LogP) is 5.26. The molecular weight excluding hydrogens is 583 g/mol. The molecule has 3 aromatic carbocycles. The van der Waals surface area contributed by atoms with Crippen molar-refractivity contribution in [1.82, 2.24) is 20.5 Å². The van der Waals surface area contributed by atoms with Crippen LogP contribution in [0.3, 0.4) is 0 Å². The molecule has 1 amide bonds. The zero-order valence-corrected chi connectivity index (χ0v) is 22.4. The van der Waals surface area contributed by atoms with Gasteiger partial charge in [-0.3, -0.25) is 9.89 Å². The number of nitrogens with one attached hydrogen (secondary N) is 2. The molecule has 1 aliphatic rings. The monoisotopic (exact) mass is 606 g/mol. The maximum absolute atomic E-state index is 14.0. The van der Waals surface area contributed by atoms with E-state index in [0.717, 1.165) is 11.1 Å². The first-order valence-electron chi connectivity index (χ1n) is 12.6. The molecule has 0 spiro atoms. The number of carbonyl (C=O) groups excluding carboxylic acids is 1. The van der Waals surface area contributed by atoms with Crippen molar-refractivity contribution in [2.45, 2.75) is 43.2 Å². The van der Waals surface area contributed by atoms with Crippen molar-refractivity contribution >= 4 is 17.7 Å². The maximum Gasteiger partial charge on any atom is 0.257 e. The highest BCUT2D eigenvalue weighted by atomic mass is 32.2. The smallest absolute Gasteiger partial charge is 0.257 e. The number of hydrogen-bond acceptors (Lipinski definition) is 7. The van der Waals surface area contributed by atoms with Gasteiger partial charge in [-0.25, -0.2) is 26.9 Å². The molecule has 14 heteroatoms. The summed E-state index contributed by atoms with van der Waals surface area (Å²) in [6.45, 7) is -0.330. The number of aromatic nitrogens is 3. The van der Waals surface area contributed by atoms with Gasteiger partial charge in [0.2, 0.25) is 5.82 Å². The lowest BCUT2D eigenvalue weighted by atomic mass is 10.0. The number of hydrogen-bond donors (Lipinski definition) is 3. The SMILES string of the molecule is O=C(NCc1ccc([C@@H]2O[C@H](CSc3ncn[nH]3)C[C@H](c3ccc(CO)cc3)O2)cc1)c1c(F)c(F)c(F)c(F)c1F. The molecule has 0 saturated carbocycles. The Bertz CT molecular complexity index is 1510. The van der Waals surface area contributed by atoms with E-state index in [1.54, 1.807) is 24.3 Å². The first-order chi connectivity index (χ1) is 20.2. The van der Waals surface area contributed by atoms with Crippen molar-refractivity contribution < 1.29 is 41.3 Å². The summed E-state index contributed by atoms with van der Waals surface area (Å²) in [7, 11) is 0. The Morgan fingerprint density at radius 2 is 1.52 bits per heavy atom. The molecule has 1 saturated heterocycles. The van der Waals surface area contributed by atoms with E-state index in [-0.39, 0.29) is 25.4 Å². The average Bonchev–Trinajstić information content (AvgIpc) is 3.55. The van der Waals surface area contributed by atoms with Crippen LogP contribution < -0.4 is 5.32 Å². The van der Waals surface area contributed by atoms with Gasteiger partial charge in [0.05, 0.1) is 18.8 Å². The fourth-order valence-electron chi connectivity index (χ4n) is 4.33. The maximum atomic E-state index is 14.0. The number of aliphatic hydroxyl groups excluding tert-OH is 1. The Kier molecular flexibility index (Phi) is 9.16. The quantitative estimate of drug-likeness (QED) is 0.103. The van der Waals surface area contributed by atoms with Gasteiger partial charge in [0, 0.05) is 24.3 Å². The van der Waals surface area contributed by atoms with Crippen LogP contribution in [0.25, 0.3) is 0 Å². The minimum atomic E-state index is -2.34. The van der Waals surface area contributed by atoms with E-state index in [0.29, 0.717) is 28.5 Å². The number of aliphatic hydroxyl groups is 1. The summed E-state index contributed by atoms with van der Waals surface area (Å²) >= 11 is 1.44. The topological polar surface area (TPSA) is 109 Å². The van der Waals surface area contributed by atoms with Gasteiger partial charge >= 0.3 is 0 Å². The summed E-state index contributed by atoms with van der Waals surface area (Å²) in [4.78, 5) is 16.4. The number of halogens is 5. The summed E-state index contributed by atoms with van der Waals surface area (Å²) in [5, 5.41) is 18.8. The number of rotatable bonds is 9. The molecule has 0 unspecified atom stereocenters. The van der Waals surface area contributed by atoms with E-state index in [1.165, 1.54) is 18.1 Å². The standard InChI is InChI=1S/C28H23F5N4O4S/c29-21-20(22(30)24(32)25(33)23(21)31)26(39)34-10-14-1-7-17(8-2-14)27-40-18(12-42-28-35-13-36-37-28)9-19(41-27)16-5-3-15(11-38)4-6-16/h1-8,13,18-19,27,38H,9-12H2,(H,34,39)(H,35,36,37)/t18-,19+,27+/m0/s1. The largest absolute Gasteiger partial charge is 0.392 e. The van der Waals surface area contributed by atoms with Crippen molar-refractivity contribution in [3.05, 3.63) is 112 Å². The molecule has 1 fully saturated rings. The lowest BCUT2D eigenvalue weighted by molar-refractivity contribution is -0.245. The molecule has 42 heavy (non-hydrogen) atoms. The van der Waals surface area contributed by atoms with Gasteiger partial charge in [0.15, 0.2) is 34.7 Å². The van der Waals surface area contributed by atoms with Crippen LogP contribution in [0.2, 0.25) is 0 Å². The van der Waals surface area contributed by atoms with Crippen molar-refractivity contribution in [3.8, 4) is 0 Å². The summed E-state index contributed by atoms with van der Waals surface area (Å²) < 4.78 is 80.7. The van der Waals surface area contributed by atoms with Gasteiger partial charge in [-0.15, -0.1) is 0 Å². The number of carbonyl (C=O) groups is 1. The first-order valence-corrected chi connectivity index (χ1v) is 13.6. The lowest BCUT2D eigenvalue weighted by Crippen LogP contribution is -2.31. The second kappa shape index (κ2) is 13.0. The van der Waals surface area contributed by atoms with Crippen LogP contribution in [0.15, 0.2) is 60.0 Å². The molecule has 0 radical (unpaired) electrons. The van der Waals surface area contributed by atoms with Crippen molar-refractivity contribution in [3.63, 3.8) is 0 Å². The second-order valence-electron chi connectivity index (χ2n) is 9.32. The Balaban J connectivity index is 1.28.